The maximum absolute atomic E-state index is 12.3. The summed E-state index contributed by atoms with van der Waals surface area (Å²) in [6, 6.07) is 5.77. The molecule has 1 aromatic carbocycles. The summed E-state index contributed by atoms with van der Waals surface area (Å²) in [6.07, 6.45) is 3.06. The van der Waals surface area contributed by atoms with E-state index in [-0.39, 0.29) is 17.9 Å². The van der Waals surface area contributed by atoms with Crippen LogP contribution in [0.2, 0.25) is 0 Å². The molecule has 1 saturated heterocycles. The molecule has 1 aromatic heterocycles. The number of hydrogen-bond donors (Lipinski definition) is 2. The van der Waals surface area contributed by atoms with Crippen LogP contribution in [0.4, 0.5) is 5.69 Å². The second kappa shape index (κ2) is 7.89. The average Bonchev–Trinajstić information content (AvgIpc) is 2.65. The lowest BCUT2D eigenvalue weighted by atomic mass is 9.94. The van der Waals surface area contributed by atoms with Crippen LogP contribution in [0.1, 0.15) is 32.8 Å². The molecule has 0 bridgehead atoms. The van der Waals surface area contributed by atoms with Crippen molar-refractivity contribution in [2.75, 3.05) is 18.0 Å². The van der Waals surface area contributed by atoms with Crippen LogP contribution in [0.15, 0.2) is 24.5 Å². The van der Waals surface area contributed by atoms with Crippen molar-refractivity contribution in [3.05, 3.63) is 30.1 Å². The highest BCUT2D eigenvalue weighted by Crippen LogP contribution is 2.30. The number of fused-ring (bicyclic) bond motifs is 1. The number of carbonyl (C=O) groups is 1. The third-order valence-corrected chi connectivity index (χ3v) is 4.97. The molecule has 2 N–H and O–H groups in total. The molecular weight excluding hydrogens is 342 g/mol. The number of piperidine rings is 1. The smallest absolute Gasteiger partial charge is 0.249 e. The number of nitriles is 1. The minimum Gasteiger partial charge on any atom is -0.383 e. The summed E-state index contributed by atoms with van der Waals surface area (Å²) in [5.74, 6) is -0.0870. The molecule has 0 spiro atoms. The molecule has 1 aliphatic rings. The van der Waals surface area contributed by atoms with Crippen LogP contribution in [0.3, 0.4) is 0 Å². The largest absolute Gasteiger partial charge is 0.383 e. The summed E-state index contributed by atoms with van der Waals surface area (Å²) in [5.41, 5.74) is 2.69. The fourth-order valence-corrected chi connectivity index (χ4v) is 3.63. The van der Waals surface area contributed by atoms with Crippen molar-refractivity contribution >= 4 is 22.6 Å². The van der Waals surface area contributed by atoms with Gasteiger partial charge in [-0.3, -0.25) is 14.8 Å². The maximum Gasteiger partial charge on any atom is 0.249 e. The van der Waals surface area contributed by atoms with Crippen LogP contribution in [0.25, 0.3) is 11.0 Å². The van der Waals surface area contributed by atoms with E-state index < -0.39 is 6.10 Å². The Kier molecular flexibility index (Phi) is 5.57. The van der Waals surface area contributed by atoms with E-state index in [1.165, 1.54) is 0 Å². The molecule has 1 aliphatic heterocycles. The molecule has 2 heterocycles. The molecular formula is C20H25N5O2. The van der Waals surface area contributed by atoms with Gasteiger partial charge in [0.1, 0.15) is 23.2 Å². The van der Waals surface area contributed by atoms with E-state index in [1.54, 1.807) is 18.5 Å². The van der Waals surface area contributed by atoms with Crippen molar-refractivity contribution in [2.45, 2.75) is 39.3 Å². The average molecular weight is 367 g/mol. The lowest BCUT2D eigenvalue weighted by Crippen LogP contribution is -2.53. The van der Waals surface area contributed by atoms with Crippen LogP contribution in [0.5, 0.6) is 0 Å². The molecule has 27 heavy (non-hydrogen) atoms. The first-order valence-electron chi connectivity index (χ1n) is 9.28. The quantitative estimate of drug-likeness (QED) is 0.855. The Bertz CT molecular complexity index is 876. The van der Waals surface area contributed by atoms with E-state index in [0.717, 1.165) is 18.7 Å². The highest BCUT2D eigenvalue weighted by atomic mass is 16.3. The van der Waals surface area contributed by atoms with Gasteiger partial charge in [0.25, 0.3) is 0 Å². The van der Waals surface area contributed by atoms with Gasteiger partial charge in [-0.25, -0.2) is 0 Å². The van der Waals surface area contributed by atoms with Gasteiger partial charge >= 0.3 is 0 Å². The molecule has 7 nitrogen and oxygen atoms in total. The van der Waals surface area contributed by atoms with E-state index in [0.29, 0.717) is 29.1 Å². The predicted octanol–water partition coefficient (Wildman–Crippen LogP) is 1.85. The number of aliphatic hydroxyl groups excluding tert-OH is 1. The fraction of sp³-hybridized carbons (Fsp3) is 0.500. The summed E-state index contributed by atoms with van der Waals surface area (Å²) >= 11 is 0. The number of benzene rings is 1. The van der Waals surface area contributed by atoms with Gasteiger partial charge in [0.2, 0.25) is 5.91 Å². The summed E-state index contributed by atoms with van der Waals surface area (Å²) in [4.78, 5) is 23.2. The van der Waals surface area contributed by atoms with Crippen molar-refractivity contribution in [1.29, 1.82) is 5.26 Å². The Morgan fingerprint density at radius 3 is 2.67 bits per heavy atom. The van der Waals surface area contributed by atoms with Gasteiger partial charge in [-0.05, 0) is 30.4 Å². The Morgan fingerprint density at radius 2 is 2.00 bits per heavy atom. The summed E-state index contributed by atoms with van der Waals surface area (Å²) in [6.45, 7) is 7.24. The molecule has 3 atom stereocenters. The topological polar surface area (TPSA) is 102 Å². The van der Waals surface area contributed by atoms with Crippen molar-refractivity contribution in [1.82, 2.24) is 15.3 Å². The van der Waals surface area contributed by atoms with Crippen molar-refractivity contribution in [3.63, 3.8) is 0 Å². The second-order valence-corrected chi connectivity index (χ2v) is 7.64. The predicted molar refractivity (Wildman–Crippen MR) is 103 cm³/mol. The maximum atomic E-state index is 12.3. The zero-order chi connectivity index (χ0) is 19.6. The van der Waals surface area contributed by atoms with Gasteiger partial charge in [-0.2, -0.15) is 5.26 Å². The van der Waals surface area contributed by atoms with Gasteiger partial charge in [0.05, 0.1) is 11.3 Å². The molecule has 1 amide bonds. The SMILES string of the molecule is CC(C)[C@H](O)C(=O)N[C@@H]1C[C@H](C)CN(c2ccc(C#N)c3nccnc23)C1. The molecule has 2 aromatic rings. The summed E-state index contributed by atoms with van der Waals surface area (Å²) < 4.78 is 0. The van der Waals surface area contributed by atoms with Crippen LogP contribution in [-0.2, 0) is 4.79 Å². The lowest BCUT2D eigenvalue weighted by molar-refractivity contribution is -0.132. The van der Waals surface area contributed by atoms with Gasteiger partial charge in [0, 0.05) is 31.5 Å². The van der Waals surface area contributed by atoms with E-state index in [2.05, 4.69) is 33.2 Å². The first kappa shape index (κ1) is 19.1. The minimum atomic E-state index is -1.00. The van der Waals surface area contributed by atoms with Crippen LogP contribution in [-0.4, -0.2) is 46.2 Å². The molecule has 0 saturated carbocycles. The van der Waals surface area contributed by atoms with Crippen molar-refractivity contribution in [3.8, 4) is 6.07 Å². The zero-order valence-corrected chi connectivity index (χ0v) is 15.9. The number of amides is 1. The summed E-state index contributed by atoms with van der Waals surface area (Å²) in [5, 5.41) is 22.3. The Balaban J connectivity index is 1.86. The second-order valence-electron chi connectivity index (χ2n) is 7.64. The standard InChI is InChI=1S/C20H25N5O2/c1-12(2)19(26)20(27)24-15-8-13(3)10-25(11-15)16-5-4-14(9-21)17-18(16)23-7-6-22-17/h4-7,12-13,15,19,26H,8,10-11H2,1-3H3,(H,24,27)/t13-,15+,19-/m0/s1. The first-order chi connectivity index (χ1) is 12.9. The van der Waals surface area contributed by atoms with Gasteiger partial charge in [0.15, 0.2) is 0 Å². The molecule has 3 rings (SSSR count). The van der Waals surface area contributed by atoms with Crippen LogP contribution >= 0.6 is 0 Å². The van der Waals surface area contributed by atoms with Gasteiger partial charge in [-0.15, -0.1) is 0 Å². The van der Waals surface area contributed by atoms with Gasteiger partial charge in [-0.1, -0.05) is 20.8 Å². The van der Waals surface area contributed by atoms with Gasteiger partial charge < -0.3 is 15.3 Å². The van der Waals surface area contributed by atoms with E-state index >= 15 is 0 Å². The zero-order valence-electron chi connectivity index (χ0n) is 15.9. The minimum absolute atomic E-state index is 0.0583. The third kappa shape index (κ3) is 4.01. The normalized spacial score (nSPS) is 21.1. The van der Waals surface area contributed by atoms with E-state index in [9.17, 15) is 15.2 Å². The number of aromatic nitrogens is 2. The van der Waals surface area contributed by atoms with E-state index in [4.69, 9.17) is 0 Å². The molecule has 0 aliphatic carbocycles. The number of aliphatic hydroxyl groups is 1. The Hall–Kier alpha value is -2.72. The number of nitrogens with one attached hydrogen (secondary N) is 1. The Morgan fingerprint density at radius 1 is 1.30 bits per heavy atom. The van der Waals surface area contributed by atoms with Crippen LogP contribution < -0.4 is 10.2 Å². The molecule has 0 unspecified atom stereocenters. The molecule has 142 valence electrons. The Labute approximate surface area is 159 Å². The number of nitrogens with zero attached hydrogens (tertiary/aromatic N) is 4. The highest BCUT2D eigenvalue weighted by Gasteiger charge is 2.29. The molecule has 7 heteroatoms. The summed E-state index contributed by atoms with van der Waals surface area (Å²) in [7, 11) is 0. The fourth-order valence-electron chi connectivity index (χ4n) is 3.63. The molecule has 1 fully saturated rings. The van der Waals surface area contributed by atoms with Crippen LogP contribution in [0, 0.1) is 23.2 Å². The number of anilines is 1. The first-order valence-corrected chi connectivity index (χ1v) is 9.28. The highest BCUT2D eigenvalue weighted by molar-refractivity contribution is 5.92. The van der Waals surface area contributed by atoms with E-state index in [1.807, 2.05) is 19.9 Å². The number of carbonyl (C=O) groups excluding carboxylic acids is 1. The molecule has 0 radical (unpaired) electrons. The van der Waals surface area contributed by atoms with Crippen molar-refractivity contribution < 1.29 is 9.90 Å². The van der Waals surface area contributed by atoms with Crippen molar-refractivity contribution in [2.24, 2.45) is 11.8 Å². The third-order valence-electron chi connectivity index (χ3n) is 4.97. The lowest BCUT2D eigenvalue weighted by Gasteiger charge is -2.38. The number of rotatable bonds is 4. The monoisotopic (exact) mass is 367 g/mol. The number of hydrogen-bond acceptors (Lipinski definition) is 6.